The lowest BCUT2D eigenvalue weighted by molar-refractivity contribution is 0.0223. The first-order valence-electron chi connectivity index (χ1n) is 5.14. The van der Waals surface area contributed by atoms with Gasteiger partial charge in [-0.1, -0.05) is 5.21 Å². The molecule has 0 atom stereocenters. The van der Waals surface area contributed by atoms with Crippen LogP contribution in [0.3, 0.4) is 0 Å². The van der Waals surface area contributed by atoms with Crippen LogP contribution >= 0.6 is 31.9 Å². The normalized spacial score (nSPS) is 11.0. The zero-order valence-electron chi connectivity index (χ0n) is 9.56. The number of hydrogen-bond donors (Lipinski definition) is 0. The highest BCUT2D eigenvalue weighted by molar-refractivity contribution is 9.13. The molecule has 0 N–H and O–H groups in total. The van der Waals surface area contributed by atoms with Gasteiger partial charge in [0.2, 0.25) is 0 Å². The van der Waals surface area contributed by atoms with Crippen LogP contribution in [0, 0.1) is 0 Å². The average Bonchev–Trinajstić information content (AvgIpc) is 2.64. The fourth-order valence-electron chi connectivity index (χ4n) is 1.04. The van der Waals surface area contributed by atoms with Crippen molar-refractivity contribution in [2.45, 2.75) is 6.54 Å². The van der Waals surface area contributed by atoms with E-state index in [4.69, 9.17) is 14.2 Å². The Morgan fingerprint density at radius 2 is 1.71 bits per heavy atom. The number of rotatable bonds is 9. The molecule has 98 valence electrons. The summed E-state index contributed by atoms with van der Waals surface area (Å²) in [6, 6.07) is 0. The minimum absolute atomic E-state index is 0.567. The Kier molecular flexibility index (Phi) is 7.95. The molecular formula is C9H15Br2N3O3. The van der Waals surface area contributed by atoms with E-state index >= 15 is 0 Å². The third-order valence-electron chi connectivity index (χ3n) is 1.89. The van der Waals surface area contributed by atoms with Gasteiger partial charge in [0.25, 0.3) is 0 Å². The van der Waals surface area contributed by atoms with Crippen LogP contribution in [0.1, 0.15) is 0 Å². The summed E-state index contributed by atoms with van der Waals surface area (Å²) in [6.45, 7) is 3.57. The highest BCUT2D eigenvalue weighted by Gasteiger charge is 2.05. The SMILES string of the molecule is COCCOCCOCCn1nnc(Br)c1Br. The van der Waals surface area contributed by atoms with Crippen LogP contribution in [0.4, 0.5) is 0 Å². The molecule has 1 aromatic heterocycles. The quantitative estimate of drug-likeness (QED) is 0.614. The van der Waals surface area contributed by atoms with Gasteiger partial charge in [-0.3, -0.25) is 0 Å². The third-order valence-corrected chi connectivity index (χ3v) is 3.74. The van der Waals surface area contributed by atoms with Gasteiger partial charge >= 0.3 is 0 Å². The van der Waals surface area contributed by atoms with Crippen LogP contribution in [0.15, 0.2) is 9.21 Å². The van der Waals surface area contributed by atoms with Crippen molar-refractivity contribution < 1.29 is 14.2 Å². The lowest BCUT2D eigenvalue weighted by Crippen LogP contribution is -2.12. The average molecular weight is 373 g/mol. The maximum atomic E-state index is 5.39. The van der Waals surface area contributed by atoms with Crippen LogP contribution in [0.25, 0.3) is 0 Å². The zero-order chi connectivity index (χ0) is 12.5. The Balaban J connectivity index is 1.99. The summed E-state index contributed by atoms with van der Waals surface area (Å²) in [5, 5.41) is 7.77. The smallest absolute Gasteiger partial charge is 0.162 e. The predicted molar refractivity (Wildman–Crippen MR) is 68.9 cm³/mol. The van der Waals surface area contributed by atoms with Gasteiger partial charge in [0.05, 0.1) is 39.6 Å². The van der Waals surface area contributed by atoms with Gasteiger partial charge in [-0.25, -0.2) is 4.68 Å². The van der Waals surface area contributed by atoms with Crippen molar-refractivity contribution in [1.29, 1.82) is 0 Å². The lowest BCUT2D eigenvalue weighted by Gasteiger charge is -2.05. The van der Waals surface area contributed by atoms with Crippen LogP contribution in [-0.2, 0) is 20.8 Å². The van der Waals surface area contributed by atoms with E-state index in [0.717, 1.165) is 4.60 Å². The van der Waals surface area contributed by atoms with Crippen molar-refractivity contribution in [1.82, 2.24) is 15.0 Å². The van der Waals surface area contributed by atoms with E-state index in [1.165, 1.54) is 0 Å². The van der Waals surface area contributed by atoms with Gasteiger partial charge in [0.15, 0.2) is 4.60 Å². The largest absolute Gasteiger partial charge is 0.382 e. The zero-order valence-corrected chi connectivity index (χ0v) is 12.7. The molecule has 6 nitrogen and oxygen atoms in total. The van der Waals surface area contributed by atoms with E-state index in [0.29, 0.717) is 44.2 Å². The monoisotopic (exact) mass is 371 g/mol. The van der Waals surface area contributed by atoms with E-state index in [9.17, 15) is 0 Å². The maximum absolute atomic E-state index is 5.39. The van der Waals surface area contributed by atoms with E-state index < -0.39 is 0 Å². The van der Waals surface area contributed by atoms with Crippen molar-refractivity contribution >= 4 is 31.9 Å². The number of aromatic nitrogens is 3. The predicted octanol–water partition coefficient (Wildman–Crippen LogP) is 1.48. The molecule has 0 radical (unpaired) electrons. The lowest BCUT2D eigenvalue weighted by atomic mass is 10.6. The van der Waals surface area contributed by atoms with Crippen LogP contribution in [0.5, 0.6) is 0 Å². The molecule has 0 spiro atoms. The topological polar surface area (TPSA) is 58.4 Å². The first-order valence-corrected chi connectivity index (χ1v) is 6.73. The van der Waals surface area contributed by atoms with Gasteiger partial charge in [-0.15, -0.1) is 5.10 Å². The molecular weight excluding hydrogens is 358 g/mol. The summed E-state index contributed by atoms with van der Waals surface area (Å²) in [7, 11) is 1.65. The van der Waals surface area contributed by atoms with Crippen molar-refractivity contribution in [3.8, 4) is 0 Å². The summed E-state index contributed by atoms with van der Waals surface area (Å²) >= 11 is 6.62. The van der Waals surface area contributed by atoms with Crippen LogP contribution < -0.4 is 0 Å². The molecule has 0 saturated heterocycles. The number of nitrogens with zero attached hydrogens (tertiary/aromatic N) is 3. The first kappa shape index (κ1) is 15.0. The Morgan fingerprint density at radius 3 is 2.29 bits per heavy atom. The molecule has 0 aliphatic rings. The molecule has 0 aliphatic carbocycles. The second-order valence-corrected chi connectivity index (χ2v) is 4.61. The first-order chi connectivity index (χ1) is 8.25. The van der Waals surface area contributed by atoms with Gasteiger partial charge in [0, 0.05) is 7.11 Å². The summed E-state index contributed by atoms with van der Waals surface area (Å²) in [5.74, 6) is 0. The molecule has 0 saturated carbocycles. The molecule has 1 aromatic rings. The third kappa shape index (κ3) is 5.91. The van der Waals surface area contributed by atoms with Gasteiger partial charge in [-0.05, 0) is 31.9 Å². The van der Waals surface area contributed by atoms with E-state index in [1.807, 2.05) is 0 Å². The molecule has 1 heterocycles. The van der Waals surface area contributed by atoms with Gasteiger partial charge in [0.1, 0.15) is 4.60 Å². The van der Waals surface area contributed by atoms with Gasteiger partial charge < -0.3 is 14.2 Å². The van der Waals surface area contributed by atoms with E-state index in [1.54, 1.807) is 11.8 Å². The van der Waals surface area contributed by atoms with Crippen LogP contribution in [0.2, 0.25) is 0 Å². The van der Waals surface area contributed by atoms with Crippen molar-refractivity contribution in [3.63, 3.8) is 0 Å². The molecule has 17 heavy (non-hydrogen) atoms. The van der Waals surface area contributed by atoms with Gasteiger partial charge in [-0.2, -0.15) is 0 Å². The van der Waals surface area contributed by atoms with Crippen LogP contribution in [-0.4, -0.2) is 55.1 Å². The Morgan fingerprint density at radius 1 is 1.06 bits per heavy atom. The number of ether oxygens (including phenoxy) is 3. The highest BCUT2D eigenvalue weighted by atomic mass is 79.9. The summed E-state index contributed by atoms with van der Waals surface area (Å²) in [4.78, 5) is 0. The highest BCUT2D eigenvalue weighted by Crippen LogP contribution is 2.18. The molecule has 1 rings (SSSR count). The fourth-order valence-corrected chi connectivity index (χ4v) is 1.64. The maximum Gasteiger partial charge on any atom is 0.162 e. The molecule has 0 unspecified atom stereocenters. The number of hydrogen-bond acceptors (Lipinski definition) is 5. The summed E-state index contributed by atoms with van der Waals surface area (Å²) in [5.41, 5.74) is 0. The van der Waals surface area contributed by atoms with Crippen molar-refractivity contribution in [3.05, 3.63) is 9.21 Å². The second-order valence-electron chi connectivity index (χ2n) is 3.11. The molecule has 0 aliphatic heterocycles. The molecule has 0 fully saturated rings. The second kappa shape index (κ2) is 8.98. The summed E-state index contributed by atoms with van der Waals surface area (Å²) < 4.78 is 18.7. The minimum atomic E-state index is 0.567. The van der Waals surface area contributed by atoms with Crippen molar-refractivity contribution in [2.24, 2.45) is 0 Å². The standard InChI is InChI=1S/C9H15Br2N3O3/c1-15-4-5-17-7-6-16-3-2-14-9(11)8(10)12-13-14/h2-7H2,1H3. The Hall–Kier alpha value is -0.0200. The Labute approximate surface area is 117 Å². The molecule has 8 heteroatoms. The Bertz CT molecular complexity index is 322. The number of methoxy groups -OCH3 is 1. The van der Waals surface area contributed by atoms with E-state index in [2.05, 4.69) is 42.2 Å². The van der Waals surface area contributed by atoms with E-state index in [-0.39, 0.29) is 0 Å². The molecule has 0 amide bonds. The summed E-state index contributed by atoms with van der Waals surface area (Å²) in [6.07, 6.45) is 0. The number of halogens is 2. The fraction of sp³-hybridized carbons (Fsp3) is 0.778. The molecule has 0 aromatic carbocycles. The molecule has 0 bridgehead atoms. The minimum Gasteiger partial charge on any atom is -0.382 e. The van der Waals surface area contributed by atoms with Crippen molar-refractivity contribution in [2.75, 3.05) is 40.1 Å².